The van der Waals surface area contributed by atoms with E-state index in [2.05, 4.69) is 31.7 Å². The van der Waals surface area contributed by atoms with Crippen LogP contribution >= 0.6 is 0 Å². The van der Waals surface area contributed by atoms with Gasteiger partial charge in [-0.3, -0.25) is 4.98 Å². The fraction of sp³-hybridized carbons (Fsp3) is 0.308. The molecular formula is C13H17N5. The second-order valence-corrected chi connectivity index (χ2v) is 4.14. The van der Waals surface area contributed by atoms with E-state index in [4.69, 9.17) is 0 Å². The van der Waals surface area contributed by atoms with Crippen LogP contribution in [0.4, 0.5) is 11.8 Å². The van der Waals surface area contributed by atoms with E-state index < -0.39 is 0 Å². The summed E-state index contributed by atoms with van der Waals surface area (Å²) >= 11 is 0. The molecule has 18 heavy (non-hydrogen) atoms. The Morgan fingerprint density at radius 1 is 1.11 bits per heavy atom. The average Bonchev–Trinajstić information content (AvgIpc) is 2.40. The van der Waals surface area contributed by atoms with Gasteiger partial charge in [0.25, 0.3) is 0 Å². The van der Waals surface area contributed by atoms with Gasteiger partial charge in [0.1, 0.15) is 5.82 Å². The van der Waals surface area contributed by atoms with E-state index in [0.29, 0.717) is 12.5 Å². The number of pyridine rings is 1. The van der Waals surface area contributed by atoms with Crippen molar-refractivity contribution in [3.63, 3.8) is 0 Å². The molecule has 2 N–H and O–H groups in total. The molecule has 2 aromatic rings. The standard InChI is InChI=1S/C13H17N5/c1-9-6-17-13(14-3)18-12(9)16-8-11-5-4-10(2)15-7-11/h4-7H,8H2,1-3H3,(H2,14,16,17,18). The smallest absolute Gasteiger partial charge is 0.224 e. The minimum atomic E-state index is 0.616. The summed E-state index contributed by atoms with van der Waals surface area (Å²) in [5, 5.41) is 6.22. The van der Waals surface area contributed by atoms with Crippen molar-refractivity contribution in [1.29, 1.82) is 0 Å². The van der Waals surface area contributed by atoms with Crippen LogP contribution in [0.5, 0.6) is 0 Å². The largest absolute Gasteiger partial charge is 0.366 e. The van der Waals surface area contributed by atoms with Gasteiger partial charge in [0.05, 0.1) is 0 Å². The molecule has 2 rings (SSSR count). The summed E-state index contributed by atoms with van der Waals surface area (Å²) in [6, 6.07) is 4.06. The Labute approximate surface area is 107 Å². The van der Waals surface area contributed by atoms with E-state index in [1.54, 1.807) is 13.2 Å². The Balaban J connectivity index is 2.07. The maximum Gasteiger partial charge on any atom is 0.224 e. The Hall–Kier alpha value is -2.17. The van der Waals surface area contributed by atoms with Crippen LogP contribution in [0.15, 0.2) is 24.5 Å². The minimum absolute atomic E-state index is 0.616. The zero-order chi connectivity index (χ0) is 13.0. The molecule has 2 heterocycles. The second-order valence-electron chi connectivity index (χ2n) is 4.14. The van der Waals surface area contributed by atoms with Crippen LogP contribution in [0, 0.1) is 13.8 Å². The summed E-state index contributed by atoms with van der Waals surface area (Å²) in [5.74, 6) is 1.46. The molecule has 2 aromatic heterocycles. The molecule has 5 nitrogen and oxygen atoms in total. The lowest BCUT2D eigenvalue weighted by Crippen LogP contribution is -2.06. The van der Waals surface area contributed by atoms with Gasteiger partial charge in [-0.2, -0.15) is 4.98 Å². The van der Waals surface area contributed by atoms with Crippen molar-refractivity contribution in [2.45, 2.75) is 20.4 Å². The van der Waals surface area contributed by atoms with Crippen molar-refractivity contribution in [3.05, 3.63) is 41.3 Å². The monoisotopic (exact) mass is 243 g/mol. The number of nitrogens with zero attached hydrogens (tertiary/aromatic N) is 3. The first-order valence-electron chi connectivity index (χ1n) is 5.86. The van der Waals surface area contributed by atoms with Crippen LogP contribution in [0.25, 0.3) is 0 Å². The van der Waals surface area contributed by atoms with Gasteiger partial charge in [0.2, 0.25) is 5.95 Å². The summed E-state index contributed by atoms with van der Waals surface area (Å²) in [5.41, 5.74) is 3.17. The van der Waals surface area contributed by atoms with Crippen molar-refractivity contribution in [2.24, 2.45) is 0 Å². The Kier molecular flexibility index (Phi) is 3.72. The van der Waals surface area contributed by atoms with Crippen LogP contribution in [-0.2, 0) is 6.54 Å². The zero-order valence-corrected chi connectivity index (χ0v) is 10.9. The lowest BCUT2D eigenvalue weighted by molar-refractivity contribution is 1.04. The van der Waals surface area contributed by atoms with Crippen LogP contribution in [0.2, 0.25) is 0 Å². The molecule has 94 valence electrons. The Morgan fingerprint density at radius 3 is 2.61 bits per heavy atom. The maximum absolute atomic E-state index is 4.37. The number of rotatable bonds is 4. The van der Waals surface area contributed by atoms with Gasteiger partial charge >= 0.3 is 0 Å². The molecule has 5 heteroatoms. The number of aromatic nitrogens is 3. The third kappa shape index (κ3) is 2.94. The van der Waals surface area contributed by atoms with E-state index in [0.717, 1.165) is 22.6 Å². The molecular weight excluding hydrogens is 226 g/mol. The predicted molar refractivity (Wildman–Crippen MR) is 72.6 cm³/mol. The van der Waals surface area contributed by atoms with E-state index in [9.17, 15) is 0 Å². The van der Waals surface area contributed by atoms with Crippen molar-refractivity contribution < 1.29 is 0 Å². The summed E-state index contributed by atoms with van der Waals surface area (Å²) in [6.07, 6.45) is 3.67. The molecule has 0 aliphatic rings. The highest BCUT2D eigenvalue weighted by atomic mass is 15.1. The number of aryl methyl sites for hydroxylation is 2. The van der Waals surface area contributed by atoms with Crippen LogP contribution in [0.1, 0.15) is 16.8 Å². The van der Waals surface area contributed by atoms with Gasteiger partial charge in [-0.1, -0.05) is 6.07 Å². The van der Waals surface area contributed by atoms with Crippen LogP contribution in [-0.4, -0.2) is 22.0 Å². The molecule has 0 spiro atoms. The van der Waals surface area contributed by atoms with Gasteiger partial charge in [0, 0.05) is 37.2 Å². The maximum atomic E-state index is 4.37. The molecule has 0 aliphatic heterocycles. The summed E-state index contributed by atoms with van der Waals surface area (Å²) in [7, 11) is 1.80. The fourth-order valence-electron chi connectivity index (χ4n) is 1.53. The Morgan fingerprint density at radius 2 is 1.94 bits per heavy atom. The average molecular weight is 243 g/mol. The Bertz CT molecular complexity index is 521. The van der Waals surface area contributed by atoms with E-state index in [1.165, 1.54) is 0 Å². The topological polar surface area (TPSA) is 62.7 Å². The van der Waals surface area contributed by atoms with Gasteiger partial charge in [-0.05, 0) is 25.5 Å². The van der Waals surface area contributed by atoms with Gasteiger partial charge < -0.3 is 10.6 Å². The van der Waals surface area contributed by atoms with Gasteiger partial charge in [-0.25, -0.2) is 4.98 Å². The first kappa shape index (κ1) is 12.3. The summed E-state index contributed by atoms with van der Waals surface area (Å²) in [6.45, 7) is 4.66. The number of hydrogen-bond donors (Lipinski definition) is 2. The highest BCUT2D eigenvalue weighted by Crippen LogP contribution is 2.13. The van der Waals surface area contributed by atoms with Crippen molar-refractivity contribution in [2.75, 3.05) is 17.7 Å². The highest BCUT2D eigenvalue weighted by molar-refractivity contribution is 5.46. The quantitative estimate of drug-likeness (QED) is 0.861. The normalized spacial score (nSPS) is 10.2. The molecule has 0 bridgehead atoms. The lowest BCUT2D eigenvalue weighted by Gasteiger charge is -2.09. The molecule has 0 amide bonds. The molecule has 0 aliphatic carbocycles. The first-order valence-corrected chi connectivity index (χ1v) is 5.86. The van der Waals surface area contributed by atoms with E-state index in [1.807, 2.05) is 26.1 Å². The zero-order valence-electron chi connectivity index (χ0n) is 10.9. The first-order chi connectivity index (χ1) is 8.69. The number of hydrogen-bond acceptors (Lipinski definition) is 5. The van der Waals surface area contributed by atoms with Crippen molar-refractivity contribution >= 4 is 11.8 Å². The van der Waals surface area contributed by atoms with Gasteiger partial charge in [0.15, 0.2) is 0 Å². The number of nitrogens with one attached hydrogen (secondary N) is 2. The third-order valence-corrected chi connectivity index (χ3v) is 2.63. The lowest BCUT2D eigenvalue weighted by atomic mass is 10.2. The summed E-state index contributed by atoms with van der Waals surface area (Å²) in [4.78, 5) is 12.8. The predicted octanol–water partition coefficient (Wildman–Crippen LogP) is 2.14. The highest BCUT2D eigenvalue weighted by Gasteiger charge is 2.02. The molecule has 0 saturated carbocycles. The SMILES string of the molecule is CNc1ncc(C)c(NCc2ccc(C)nc2)n1. The third-order valence-electron chi connectivity index (χ3n) is 2.63. The molecule has 0 radical (unpaired) electrons. The molecule has 0 saturated heterocycles. The van der Waals surface area contributed by atoms with E-state index in [-0.39, 0.29) is 0 Å². The van der Waals surface area contributed by atoms with Crippen LogP contribution in [0.3, 0.4) is 0 Å². The molecule has 0 fully saturated rings. The van der Waals surface area contributed by atoms with Crippen molar-refractivity contribution in [1.82, 2.24) is 15.0 Å². The second kappa shape index (κ2) is 5.44. The molecule has 0 aromatic carbocycles. The van der Waals surface area contributed by atoms with Crippen molar-refractivity contribution in [3.8, 4) is 0 Å². The van der Waals surface area contributed by atoms with Crippen LogP contribution < -0.4 is 10.6 Å². The molecule has 0 atom stereocenters. The molecule has 0 unspecified atom stereocenters. The van der Waals surface area contributed by atoms with Gasteiger partial charge in [-0.15, -0.1) is 0 Å². The number of anilines is 2. The minimum Gasteiger partial charge on any atom is -0.366 e. The summed E-state index contributed by atoms with van der Waals surface area (Å²) < 4.78 is 0. The fourth-order valence-corrected chi connectivity index (χ4v) is 1.53. The van der Waals surface area contributed by atoms with E-state index >= 15 is 0 Å².